The van der Waals surface area contributed by atoms with Crippen molar-refractivity contribution >= 4 is 16.9 Å². The van der Waals surface area contributed by atoms with Crippen molar-refractivity contribution < 1.29 is 39.5 Å². The Morgan fingerprint density at radius 3 is 2.25 bits per heavy atom. The molecule has 1 heterocycles. The van der Waals surface area contributed by atoms with Crippen molar-refractivity contribution in [2.75, 3.05) is 7.11 Å². The predicted octanol–water partition coefficient (Wildman–Crippen LogP) is 4.30. The molecule has 4 rings (SSSR count). The Balaban J connectivity index is 2.09. The fraction of sp³-hybridized carbons (Fsp3) is 0.185. The second-order valence-corrected chi connectivity index (χ2v) is 8.52. The molecule has 4 aromatic rings. The highest BCUT2D eigenvalue weighted by Crippen LogP contribution is 2.45. The first-order valence-electron chi connectivity index (χ1n) is 10.9. The van der Waals surface area contributed by atoms with Crippen molar-refractivity contribution in [3.63, 3.8) is 0 Å². The van der Waals surface area contributed by atoms with Crippen LogP contribution in [0.15, 0.2) is 51.7 Å². The molecule has 5 N–H and O–H groups in total. The number of phenols is 4. The minimum Gasteiger partial charge on any atom is -0.507 e. The van der Waals surface area contributed by atoms with E-state index in [-0.39, 0.29) is 28.9 Å². The standard InChI is InChI=1S/C27H24O9/c1-12-4-5-14(8-13(12)2)16(10-21(32)35-3)22-19(30)11-20(31)23-24(33)25(34)26(36-27(22)23)15-6-7-17(28)18(29)9-15/h4-9,11,16,28-31,34H,10H2,1-3H3/t16-/m0/s1. The van der Waals surface area contributed by atoms with Gasteiger partial charge in [-0.15, -0.1) is 0 Å². The van der Waals surface area contributed by atoms with Gasteiger partial charge >= 0.3 is 5.97 Å². The first-order valence-corrected chi connectivity index (χ1v) is 10.9. The summed E-state index contributed by atoms with van der Waals surface area (Å²) in [6, 6.07) is 9.92. The van der Waals surface area contributed by atoms with E-state index in [0.717, 1.165) is 29.3 Å². The maximum absolute atomic E-state index is 13.1. The van der Waals surface area contributed by atoms with Gasteiger partial charge in [-0.3, -0.25) is 9.59 Å². The van der Waals surface area contributed by atoms with Crippen molar-refractivity contribution in [1.82, 2.24) is 0 Å². The molecule has 3 aromatic carbocycles. The van der Waals surface area contributed by atoms with E-state index in [2.05, 4.69) is 0 Å². The number of hydrogen-bond acceptors (Lipinski definition) is 9. The van der Waals surface area contributed by atoms with Gasteiger partial charge in [0, 0.05) is 23.1 Å². The van der Waals surface area contributed by atoms with E-state index in [0.29, 0.717) is 5.56 Å². The molecule has 0 unspecified atom stereocenters. The Morgan fingerprint density at radius 2 is 1.61 bits per heavy atom. The van der Waals surface area contributed by atoms with Gasteiger partial charge in [-0.05, 0) is 48.7 Å². The number of methoxy groups -OCH3 is 1. The van der Waals surface area contributed by atoms with Gasteiger partial charge in [0.15, 0.2) is 17.3 Å². The maximum atomic E-state index is 13.1. The molecule has 0 saturated carbocycles. The van der Waals surface area contributed by atoms with Crippen LogP contribution < -0.4 is 5.43 Å². The summed E-state index contributed by atoms with van der Waals surface area (Å²) in [7, 11) is 1.22. The lowest BCUT2D eigenvalue weighted by atomic mass is 9.85. The third-order valence-corrected chi connectivity index (χ3v) is 6.26. The van der Waals surface area contributed by atoms with Gasteiger partial charge in [-0.1, -0.05) is 18.2 Å². The van der Waals surface area contributed by atoms with Crippen molar-refractivity contribution in [3.8, 4) is 40.1 Å². The van der Waals surface area contributed by atoms with Gasteiger partial charge in [0.1, 0.15) is 22.5 Å². The third kappa shape index (κ3) is 4.15. The van der Waals surface area contributed by atoms with Crippen molar-refractivity contribution in [1.29, 1.82) is 0 Å². The Kier molecular flexibility index (Phi) is 6.24. The molecule has 0 bridgehead atoms. The second kappa shape index (κ2) is 9.18. The van der Waals surface area contributed by atoms with Gasteiger partial charge < -0.3 is 34.7 Å². The van der Waals surface area contributed by atoms with Crippen LogP contribution in [0.25, 0.3) is 22.3 Å². The number of fused-ring (bicyclic) bond motifs is 1. The lowest BCUT2D eigenvalue weighted by Gasteiger charge is -2.21. The topological polar surface area (TPSA) is 158 Å². The van der Waals surface area contributed by atoms with E-state index in [9.17, 15) is 35.1 Å². The molecule has 0 fully saturated rings. The van der Waals surface area contributed by atoms with E-state index < -0.39 is 51.4 Å². The number of aryl methyl sites for hydroxylation is 2. The number of rotatable bonds is 5. The Labute approximate surface area is 205 Å². The zero-order chi connectivity index (χ0) is 26.3. The summed E-state index contributed by atoms with van der Waals surface area (Å²) in [4.78, 5) is 25.5. The van der Waals surface area contributed by atoms with Crippen LogP contribution in [-0.4, -0.2) is 38.6 Å². The summed E-state index contributed by atoms with van der Waals surface area (Å²) in [5.41, 5.74) is 1.36. The van der Waals surface area contributed by atoms with Gasteiger partial charge in [0.25, 0.3) is 0 Å². The Bertz CT molecular complexity index is 1570. The van der Waals surface area contributed by atoms with Crippen LogP contribution in [0.4, 0.5) is 0 Å². The number of hydrogen-bond donors (Lipinski definition) is 5. The first-order chi connectivity index (χ1) is 17.0. The summed E-state index contributed by atoms with van der Waals surface area (Å²) in [5.74, 6) is -4.69. The molecular weight excluding hydrogens is 468 g/mol. The van der Waals surface area contributed by atoms with Gasteiger partial charge in [-0.2, -0.15) is 0 Å². The maximum Gasteiger partial charge on any atom is 0.306 e. The van der Waals surface area contributed by atoms with E-state index in [1.54, 1.807) is 6.07 Å². The van der Waals surface area contributed by atoms with Crippen LogP contribution in [0, 0.1) is 13.8 Å². The minimum atomic E-state index is -0.991. The number of carbonyl (C=O) groups is 1. The van der Waals surface area contributed by atoms with E-state index in [1.165, 1.54) is 13.2 Å². The predicted molar refractivity (Wildman–Crippen MR) is 131 cm³/mol. The fourth-order valence-corrected chi connectivity index (χ4v) is 4.16. The average molecular weight is 492 g/mol. The molecule has 36 heavy (non-hydrogen) atoms. The summed E-state index contributed by atoms with van der Waals surface area (Å²) in [5, 5.41) is 51.2. The first kappa shape index (κ1) is 24.5. The van der Waals surface area contributed by atoms with Crippen LogP contribution >= 0.6 is 0 Å². The van der Waals surface area contributed by atoms with Crippen LogP contribution in [0.3, 0.4) is 0 Å². The molecule has 0 amide bonds. The SMILES string of the molecule is COC(=O)C[C@@H](c1ccc(C)c(C)c1)c1c(O)cc(O)c2c(=O)c(O)c(-c3ccc(O)c(O)c3)oc12. The average Bonchev–Trinajstić information content (AvgIpc) is 2.83. The summed E-state index contributed by atoms with van der Waals surface area (Å²) < 4.78 is 10.8. The fourth-order valence-electron chi connectivity index (χ4n) is 4.16. The molecule has 0 aliphatic carbocycles. The van der Waals surface area contributed by atoms with Gasteiger partial charge in [-0.25, -0.2) is 0 Å². The summed E-state index contributed by atoms with van der Waals surface area (Å²) in [6.45, 7) is 3.80. The van der Waals surface area contributed by atoms with E-state index in [4.69, 9.17) is 9.15 Å². The largest absolute Gasteiger partial charge is 0.507 e. The minimum absolute atomic E-state index is 0.0257. The summed E-state index contributed by atoms with van der Waals surface area (Å²) in [6.07, 6.45) is -0.230. The number of benzene rings is 3. The monoisotopic (exact) mass is 492 g/mol. The molecule has 0 aliphatic rings. The lowest BCUT2D eigenvalue weighted by molar-refractivity contribution is -0.140. The number of carbonyl (C=O) groups excluding carboxylic acids is 1. The molecule has 0 aliphatic heterocycles. The molecule has 0 radical (unpaired) electrons. The highest BCUT2D eigenvalue weighted by Gasteiger charge is 2.30. The number of ether oxygens (including phenoxy) is 1. The van der Waals surface area contributed by atoms with E-state index >= 15 is 0 Å². The Morgan fingerprint density at radius 1 is 0.889 bits per heavy atom. The van der Waals surface area contributed by atoms with Crippen LogP contribution in [0.2, 0.25) is 0 Å². The lowest BCUT2D eigenvalue weighted by Crippen LogP contribution is -2.13. The zero-order valence-corrected chi connectivity index (χ0v) is 19.7. The van der Waals surface area contributed by atoms with Crippen molar-refractivity contribution in [2.45, 2.75) is 26.2 Å². The molecule has 9 nitrogen and oxygen atoms in total. The quantitative estimate of drug-likeness (QED) is 0.202. The molecule has 1 aromatic heterocycles. The smallest absolute Gasteiger partial charge is 0.306 e. The highest BCUT2D eigenvalue weighted by atomic mass is 16.5. The molecule has 9 heteroatoms. The van der Waals surface area contributed by atoms with Crippen molar-refractivity contribution in [3.05, 3.63) is 74.9 Å². The third-order valence-electron chi connectivity index (χ3n) is 6.26. The van der Waals surface area contributed by atoms with Crippen LogP contribution in [0.5, 0.6) is 28.7 Å². The van der Waals surface area contributed by atoms with Gasteiger partial charge in [0.05, 0.1) is 13.5 Å². The van der Waals surface area contributed by atoms with Crippen LogP contribution in [0.1, 0.15) is 34.6 Å². The molecule has 1 atom stereocenters. The molecule has 0 spiro atoms. The zero-order valence-electron chi connectivity index (χ0n) is 19.7. The molecule has 0 saturated heterocycles. The normalized spacial score (nSPS) is 12.0. The number of esters is 1. The molecule has 186 valence electrons. The number of phenolic OH excluding ortho intramolecular Hbond substituents is 4. The van der Waals surface area contributed by atoms with Crippen molar-refractivity contribution in [2.24, 2.45) is 0 Å². The van der Waals surface area contributed by atoms with E-state index in [1.807, 2.05) is 26.0 Å². The number of aromatic hydroxyl groups is 5. The Hall–Kier alpha value is -4.66. The molecular formula is C27H24O9. The van der Waals surface area contributed by atoms with Gasteiger partial charge in [0.2, 0.25) is 11.2 Å². The van der Waals surface area contributed by atoms with Crippen LogP contribution in [-0.2, 0) is 9.53 Å². The summed E-state index contributed by atoms with van der Waals surface area (Å²) >= 11 is 0. The second-order valence-electron chi connectivity index (χ2n) is 8.52. The highest BCUT2D eigenvalue weighted by molar-refractivity contribution is 5.92.